The van der Waals surface area contributed by atoms with Crippen molar-refractivity contribution < 1.29 is 17.9 Å². The van der Waals surface area contributed by atoms with Crippen LogP contribution in [-0.4, -0.2) is 13.2 Å². The first-order chi connectivity index (χ1) is 6.98. The average molecular weight is 282 g/mol. The van der Waals surface area contributed by atoms with Crippen molar-refractivity contribution in [2.24, 2.45) is 0 Å². The highest BCUT2D eigenvalue weighted by atomic mass is 79.9. The van der Waals surface area contributed by atoms with Gasteiger partial charge in [-0.1, -0.05) is 15.9 Å². The highest BCUT2D eigenvalue weighted by molar-refractivity contribution is 9.10. The van der Waals surface area contributed by atoms with Crippen molar-refractivity contribution in [2.45, 2.75) is 6.18 Å². The predicted molar refractivity (Wildman–Crippen MR) is 53.1 cm³/mol. The molecule has 0 fully saturated rings. The highest BCUT2D eigenvalue weighted by Crippen LogP contribution is 2.41. The molecule has 0 unspecified atom stereocenters. The first-order valence-corrected chi connectivity index (χ1v) is 5.05. The van der Waals surface area contributed by atoms with Gasteiger partial charge in [0.25, 0.3) is 0 Å². The standard InChI is InChI=1S/C9H7BrF3NO/c10-6-4-8-7(14-1-2-15-8)3-5(6)9(11,12)13/h3-4,14H,1-2H2. The quantitative estimate of drug-likeness (QED) is 0.788. The second-order valence-corrected chi connectivity index (χ2v) is 3.96. The Labute approximate surface area is 92.5 Å². The molecule has 0 bridgehead atoms. The second kappa shape index (κ2) is 3.59. The van der Waals surface area contributed by atoms with Gasteiger partial charge in [0.05, 0.1) is 11.3 Å². The lowest BCUT2D eigenvalue weighted by Crippen LogP contribution is -2.19. The predicted octanol–water partition coefficient (Wildman–Crippen LogP) is 3.27. The van der Waals surface area contributed by atoms with E-state index in [1.807, 2.05) is 0 Å². The lowest BCUT2D eigenvalue weighted by Gasteiger charge is -2.21. The van der Waals surface area contributed by atoms with Crippen LogP contribution in [0.1, 0.15) is 5.56 Å². The van der Waals surface area contributed by atoms with E-state index < -0.39 is 11.7 Å². The van der Waals surface area contributed by atoms with Crippen LogP contribution in [0.4, 0.5) is 18.9 Å². The maximum Gasteiger partial charge on any atom is 0.417 e. The number of hydrogen-bond acceptors (Lipinski definition) is 2. The number of rotatable bonds is 0. The molecule has 82 valence electrons. The molecule has 1 aliphatic heterocycles. The summed E-state index contributed by atoms with van der Waals surface area (Å²) >= 11 is 2.88. The maximum absolute atomic E-state index is 12.5. The minimum Gasteiger partial charge on any atom is -0.490 e. The molecular weight excluding hydrogens is 275 g/mol. The van der Waals surface area contributed by atoms with E-state index in [4.69, 9.17) is 4.74 Å². The number of hydrogen-bond donors (Lipinski definition) is 1. The molecule has 6 heteroatoms. The fourth-order valence-electron chi connectivity index (χ4n) is 1.38. The van der Waals surface area contributed by atoms with Gasteiger partial charge in [0.2, 0.25) is 0 Å². The summed E-state index contributed by atoms with van der Waals surface area (Å²) in [7, 11) is 0. The molecule has 0 aromatic heterocycles. The van der Waals surface area contributed by atoms with Gasteiger partial charge in [0, 0.05) is 11.0 Å². The number of fused-ring (bicyclic) bond motifs is 1. The van der Waals surface area contributed by atoms with Crippen molar-refractivity contribution in [1.29, 1.82) is 0 Å². The van der Waals surface area contributed by atoms with E-state index in [1.54, 1.807) is 0 Å². The van der Waals surface area contributed by atoms with E-state index in [1.165, 1.54) is 6.07 Å². The summed E-state index contributed by atoms with van der Waals surface area (Å²) in [6.07, 6.45) is -4.35. The minimum absolute atomic E-state index is 0.00236. The third-order valence-corrected chi connectivity index (χ3v) is 2.71. The number of benzene rings is 1. The molecule has 1 aliphatic rings. The summed E-state index contributed by atoms with van der Waals surface area (Å²) in [4.78, 5) is 0. The first-order valence-electron chi connectivity index (χ1n) is 4.26. The molecule has 0 saturated heterocycles. The Bertz CT molecular complexity index is 392. The largest absolute Gasteiger partial charge is 0.490 e. The van der Waals surface area contributed by atoms with Crippen molar-refractivity contribution in [2.75, 3.05) is 18.5 Å². The zero-order valence-corrected chi connectivity index (χ0v) is 9.08. The van der Waals surface area contributed by atoms with E-state index in [0.29, 0.717) is 24.6 Å². The molecule has 0 amide bonds. The lowest BCUT2D eigenvalue weighted by atomic mass is 10.1. The lowest BCUT2D eigenvalue weighted by molar-refractivity contribution is -0.138. The fourth-order valence-corrected chi connectivity index (χ4v) is 1.92. The second-order valence-electron chi connectivity index (χ2n) is 3.10. The number of alkyl halides is 3. The van der Waals surface area contributed by atoms with E-state index in [2.05, 4.69) is 21.2 Å². The molecule has 0 saturated carbocycles. The van der Waals surface area contributed by atoms with Crippen molar-refractivity contribution in [3.63, 3.8) is 0 Å². The van der Waals surface area contributed by atoms with Gasteiger partial charge in [-0.05, 0) is 12.1 Å². The molecule has 2 nitrogen and oxygen atoms in total. The third-order valence-electron chi connectivity index (χ3n) is 2.05. The van der Waals surface area contributed by atoms with Crippen LogP contribution in [0.5, 0.6) is 5.75 Å². The van der Waals surface area contributed by atoms with Gasteiger partial charge in [-0.3, -0.25) is 0 Å². The molecular formula is C9H7BrF3NO. The zero-order chi connectivity index (χ0) is 11.1. The summed E-state index contributed by atoms with van der Waals surface area (Å²) < 4.78 is 42.8. The van der Waals surface area contributed by atoms with Crippen molar-refractivity contribution in [1.82, 2.24) is 0 Å². The van der Waals surface area contributed by atoms with Crippen molar-refractivity contribution >= 4 is 21.6 Å². The number of nitrogens with one attached hydrogen (secondary N) is 1. The van der Waals surface area contributed by atoms with Gasteiger partial charge in [-0.2, -0.15) is 13.2 Å². The van der Waals surface area contributed by atoms with E-state index >= 15 is 0 Å². The summed E-state index contributed by atoms with van der Waals surface area (Å²) in [5.41, 5.74) is -0.309. The van der Waals surface area contributed by atoms with Crippen LogP contribution in [-0.2, 0) is 6.18 Å². The molecule has 0 radical (unpaired) electrons. The Morgan fingerprint density at radius 1 is 1.33 bits per heavy atom. The Kier molecular flexibility index (Phi) is 2.54. The molecule has 1 heterocycles. The van der Waals surface area contributed by atoms with Crippen LogP contribution in [0.25, 0.3) is 0 Å². The first kappa shape index (κ1) is 10.6. The van der Waals surface area contributed by atoms with Gasteiger partial charge in [-0.25, -0.2) is 0 Å². The summed E-state index contributed by atoms with van der Waals surface area (Å²) in [6, 6.07) is 2.39. The summed E-state index contributed by atoms with van der Waals surface area (Å²) in [5.74, 6) is 0.445. The summed E-state index contributed by atoms with van der Waals surface area (Å²) in [6.45, 7) is 0.983. The number of halogens is 4. The fraction of sp³-hybridized carbons (Fsp3) is 0.333. The monoisotopic (exact) mass is 281 g/mol. The normalized spacial score (nSPS) is 15.2. The Morgan fingerprint density at radius 2 is 2.07 bits per heavy atom. The number of anilines is 1. The molecule has 2 rings (SSSR count). The van der Waals surface area contributed by atoms with Crippen LogP contribution in [0.2, 0.25) is 0 Å². The minimum atomic E-state index is -4.35. The molecule has 0 atom stereocenters. The summed E-state index contributed by atoms with van der Waals surface area (Å²) in [5, 5.41) is 2.86. The Morgan fingerprint density at radius 3 is 2.73 bits per heavy atom. The molecule has 1 aromatic carbocycles. The molecule has 0 spiro atoms. The van der Waals surface area contributed by atoms with Crippen LogP contribution >= 0.6 is 15.9 Å². The van der Waals surface area contributed by atoms with Gasteiger partial charge < -0.3 is 10.1 Å². The van der Waals surface area contributed by atoms with Crippen LogP contribution < -0.4 is 10.1 Å². The van der Waals surface area contributed by atoms with Crippen molar-refractivity contribution in [3.8, 4) is 5.75 Å². The van der Waals surface area contributed by atoms with Gasteiger partial charge in [0.1, 0.15) is 12.4 Å². The van der Waals surface area contributed by atoms with Crippen molar-refractivity contribution in [3.05, 3.63) is 22.2 Å². The molecule has 15 heavy (non-hydrogen) atoms. The SMILES string of the molecule is FC(F)(F)c1cc2c(cc1Br)OCCN2. The molecule has 1 aromatic rings. The van der Waals surface area contributed by atoms with Gasteiger partial charge in [0.15, 0.2) is 0 Å². The van der Waals surface area contributed by atoms with E-state index in [-0.39, 0.29) is 4.47 Å². The van der Waals surface area contributed by atoms with Crippen LogP contribution in [0.3, 0.4) is 0 Å². The Hall–Kier alpha value is -0.910. The maximum atomic E-state index is 12.5. The Balaban J connectivity index is 2.50. The molecule has 1 N–H and O–H groups in total. The third kappa shape index (κ3) is 2.04. The number of ether oxygens (including phenoxy) is 1. The highest BCUT2D eigenvalue weighted by Gasteiger charge is 2.34. The smallest absolute Gasteiger partial charge is 0.417 e. The van der Waals surface area contributed by atoms with Gasteiger partial charge in [-0.15, -0.1) is 0 Å². The average Bonchev–Trinajstić information content (AvgIpc) is 2.15. The molecule has 0 aliphatic carbocycles. The van der Waals surface area contributed by atoms with Crippen LogP contribution in [0.15, 0.2) is 16.6 Å². The topological polar surface area (TPSA) is 21.3 Å². The van der Waals surface area contributed by atoms with E-state index in [9.17, 15) is 13.2 Å². The van der Waals surface area contributed by atoms with Gasteiger partial charge >= 0.3 is 6.18 Å². The zero-order valence-electron chi connectivity index (χ0n) is 7.49. The van der Waals surface area contributed by atoms with E-state index in [0.717, 1.165) is 6.07 Å². The van der Waals surface area contributed by atoms with Crippen LogP contribution in [0, 0.1) is 0 Å².